The molecule has 2 saturated heterocycles. The molecule has 0 radical (unpaired) electrons. The lowest BCUT2D eigenvalue weighted by molar-refractivity contribution is 0.0722. The Morgan fingerprint density at radius 2 is 1.42 bits per heavy atom. The first-order valence-corrected chi connectivity index (χ1v) is 17.1. The summed E-state index contributed by atoms with van der Waals surface area (Å²) < 4.78 is 2.13. The molecule has 0 spiro atoms. The summed E-state index contributed by atoms with van der Waals surface area (Å²) in [5.41, 5.74) is 3.57. The molecule has 2 aliphatic rings. The van der Waals surface area contributed by atoms with E-state index in [-0.39, 0.29) is 19.2 Å². The highest BCUT2D eigenvalue weighted by Crippen LogP contribution is 2.24. The van der Waals surface area contributed by atoms with Gasteiger partial charge in [-0.15, -0.1) is 0 Å². The minimum atomic E-state index is -0.00154. The van der Waals surface area contributed by atoms with E-state index in [0.717, 1.165) is 101 Å². The molecule has 9 heteroatoms. The Morgan fingerprint density at radius 1 is 0.778 bits per heavy atom. The van der Waals surface area contributed by atoms with Crippen LogP contribution in [0.3, 0.4) is 0 Å². The Balaban J connectivity index is 0.00000461. The van der Waals surface area contributed by atoms with Crippen molar-refractivity contribution < 1.29 is 9.59 Å². The Hall–Kier alpha value is -3.46. The topological polar surface area (TPSA) is 86.6 Å². The van der Waals surface area contributed by atoms with E-state index in [0.29, 0.717) is 17.2 Å². The van der Waals surface area contributed by atoms with Crippen LogP contribution in [0.1, 0.15) is 113 Å². The minimum absolute atomic E-state index is 0. The number of carbonyl (C=O) groups is 2. The second-order valence-electron chi connectivity index (χ2n) is 12.4. The van der Waals surface area contributed by atoms with Gasteiger partial charge in [0, 0.05) is 44.0 Å². The summed E-state index contributed by atoms with van der Waals surface area (Å²) in [6, 6.07) is 11.5. The van der Waals surface area contributed by atoms with Crippen LogP contribution < -0.4 is 5.32 Å². The first-order chi connectivity index (χ1) is 21.6. The second-order valence-corrected chi connectivity index (χ2v) is 12.4. The maximum atomic E-state index is 13.6. The van der Waals surface area contributed by atoms with Crippen molar-refractivity contribution in [1.29, 1.82) is 0 Å². The van der Waals surface area contributed by atoms with Crippen LogP contribution in [0.5, 0.6) is 0 Å². The molecule has 0 unspecified atom stereocenters. The third kappa shape index (κ3) is 9.06. The predicted octanol–water partition coefficient (Wildman–Crippen LogP) is 7.36. The number of fused-ring (bicyclic) bond motifs is 1. The maximum absolute atomic E-state index is 13.6. The van der Waals surface area contributed by atoms with Gasteiger partial charge in [-0.2, -0.15) is 0 Å². The van der Waals surface area contributed by atoms with E-state index in [4.69, 9.17) is 9.97 Å². The minimum Gasteiger partial charge on any atom is -0.339 e. The van der Waals surface area contributed by atoms with Crippen LogP contribution >= 0.6 is 0 Å². The Bertz CT molecular complexity index is 1350. The third-order valence-corrected chi connectivity index (χ3v) is 9.00. The fourth-order valence-corrected chi connectivity index (χ4v) is 6.34. The van der Waals surface area contributed by atoms with Crippen molar-refractivity contribution in [2.75, 3.05) is 51.1 Å². The van der Waals surface area contributed by atoms with Gasteiger partial charge in [-0.25, -0.2) is 9.97 Å². The number of imidazole rings is 1. The van der Waals surface area contributed by atoms with E-state index < -0.39 is 0 Å². The van der Waals surface area contributed by atoms with Gasteiger partial charge in [-0.3, -0.25) is 14.2 Å². The van der Waals surface area contributed by atoms with Crippen molar-refractivity contribution >= 4 is 34.6 Å². The molecular weight excluding hydrogens is 562 g/mol. The van der Waals surface area contributed by atoms with Crippen LogP contribution in [-0.2, 0) is 6.54 Å². The molecule has 45 heavy (non-hydrogen) atoms. The number of rotatable bonds is 14. The molecule has 0 saturated carbocycles. The molecule has 0 aliphatic carbocycles. The molecule has 2 fully saturated rings. The second kappa shape index (κ2) is 17.3. The number of likely N-dealkylation sites (tertiary alicyclic amines) is 2. The number of hydrogen-bond acceptors (Lipinski definition) is 6. The Kier molecular flexibility index (Phi) is 13.2. The number of hydrogen-bond donors (Lipinski definition) is 1. The maximum Gasteiger partial charge on any atom is 0.272 e. The van der Waals surface area contributed by atoms with E-state index in [9.17, 15) is 9.59 Å². The standard InChI is InChI=1S/C35H51N7O2.CH4/c1-3-5-23-41(24-6-4-2)34(44)31-19-18-30-32(37-31)42(27-13-22-39-20-9-7-10-21-39)35(38-30)36-29-16-14-28(15-17-29)33(43)40-25-11-8-12-26-40;/h14-19H,3-13,20-27H2,1-2H3,(H,36,38);1H4. The quantitative estimate of drug-likeness (QED) is 0.204. The summed E-state index contributed by atoms with van der Waals surface area (Å²) in [4.78, 5) is 42.9. The van der Waals surface area contributed by atoms with E-state index in [2.05, 4.69) is 28.6 Å². The zero-order chi connectivity index (χ0) is 30.7. The van der Waals surface area contributed by atoms with Crippen LogP contribution in [0, 0.1) is 0 Å². The van der Waals surface area contributed by atoms with Crippen molar-refractivity contribution in [2.24, 2.45) is 0 Å². The number of aryl methyl sites for hydroxylation is 1. The first-order valence-electron chi connectivity index (χ1n) is 17.1. The van der Waals surface area contributed by atoms with Gasteiger partial charge in [0.2, 0.25) is 5.95 Å². The number of benzene rings is 1. The number of pyridine rings is 1. The zero-order valence-corrected chi connectivity index (χ0v) is 26.9. The molecule has 1 aromatic carbocycles. The lowest BCUT2D eigenvalue weighted by Crippen LogP contribution is -2.35. The number of nitrogens with zero attached hydrogens (tertiary/aromatic N) is 6. The molecule has 246 valence electrons. The van der Waals surface area contributed by atoms with Crippen molar-refractivity contribution in [3.63, 3.8) is 0 Å². The summed E-state index contributed by atoms with van der Waals surface area (Å²) in [7, 11) is 0. The third-order valence-electron chi connectivity index (χ3n) is 9.00. The average molecular weight is 618 g/mol. The van der Waals surface area contributed by atoms with Crippen LogP contribution in [0.25, 0.3) is 11.2 Å². The molecule has 9 nitrogen and oxygen atoms in total. The number of carbonyl (C=O) groups excluding carboxylic acids is 2. The Morgan fingerprint density at radius 3 is 2.07 bits per heavy atom. The van der Waals surface area contributed by atoms with Crippen molar-refractivity contribution in [3.05, 3.63) is 47.7 Å². The zero-order valence-electron chi connectivity index (χ0n) is 26.9. The molecule has 0 atom stereocenters. The van der Waals surface area contributed by atoms with E-state index in [1.165, 1.54) is 38.8 Å². The monoisotopic (exact) mass is 617 g/mol. The van der Waals surface area contributed by atoms with Gasteiger partial charge >= 0.3 is 0 Å². The molecule has 3 aromatic rings. The van der Waals surface area contributed by atoms with Gasteiger partial charge in [0.05, 0.1) is 0 Å². The smallest absolute Gasteiger partial charge is 0.272 e. The number of amides is 2. The molecule has 2 aliphatic heterocycles. The molecule has 2 amide bonds. The van der Waals surface area contributed by atoms with Gasteiger partial charge in [-0.05, 0) is 107 Å². The van der Waals surface area contributed by atoms with Gasteiger partial charge in [-0.1, -0.05) is 40.5 Å². The highest BCUT2D eigenvalue weighted by Gasteiger charge is 2.21. The van der Waals surface area contributed by atoms with E-state index >= 15 is 0 Å². The highest BCUT2D eigenvalue weighted by molar-refractivity contribution is 5.95. The molecule has 5 rings (SSSR count). The molecule has 4 heterocycles. The number of anilines is 2. The van der Waals surface area contributed by atoms with Gasteiger partial charge in [0.25, 0.3) is 11.8 Å². The summed E-state index contributed by atoms with van der Waals surface area (Å²) >= 11 is 0. The average Bonchev–Trinajstić information content (AvgIpc) is 3.41. The van der Waals surface area contributed by atoms with E-state index in [1.807, 2.05) is 46.2 Å². The molecule has 0 bridgehead atoms. The van der Waals surface area contributed by atoms with Crippen molar-refractivity contribution in [3.8, 4) is 0 Å². The van der Waals surface area contributed by atoms with Gasteiger partial charge in [0.1, 0.15) is 11.2 Å². The Labute approximate surface area is 270 Å². The highest BCUT2D eigenvalue weighted by atomic mass is 16.2. The lowest BCUT2D eigenvalue weighted by atomic mass is 10.1. The van der Waals surface area contributed by atoms with Crippen LogP contribution in [0.2, 0.25) is 0 Å². The molecular formula is C36H55N7O2. The number of piperidine rings is 2. The van der Waals surface area contributed by atoms with Gasteiger partial charge < -0.3 is 20.0 Å². The molecule has 1 N–H and O–H groups in total. The normalized spacial score (nSPS) is 15.6. The van der Waals surface area contributed by atoms with Gasteiger partial charge in [0.15, 0.2) is 5.65 Å². The van der Waals surface area contributed by atoms with Crippen LogP contribution in [0.15, 0.2) is 36.4 Å². The number of unbranched alkanes of at least 4 members (excludes halogenated alkanes) is 2. The first kappa shape index (κ1) is 34.4. The number of aromatic nitrogens is 3. The fourth-order valence-electron chi connectivity index (χ4n) is 6.34. The molecule has 2 aromatic heterocycles. The van der Waals surface area contributed by atoms with Crippen LogP contribution in [0.4, 0.5) is 11.6 Å². The summed E-state index contributed by atoms with van der Waals surface area (Å²) in [6.07, 6.45) is 12.3. The van der Waals surface area contributed by atoms with Crippen LogP contribution in [-0.4, -0.2) is 86.9 Å². The number of nitrogens with one attached hydrogen (secondary N) is 1. The summed E-state index contributed by atoms with van der Waals surface area (Å²) in [5, 5.41) is 3.50. The predicted molar refractivity (Wildman–Crippen MR) is 184 cm³/mol. The summed E-state index contributed by atoms with van der Waals surface area (Å²) in [5.74, 6) is 0.813. The SMILES string of the molecule is C.CCCCN(CCCC)C(=O)c1ccc2nc(Nc3ccc(C(=O)N4CCCCC4)cc3)n(CCCN3CCCCC3)c2n1. The fraction of sp³-hybridized carbons (Fsp3) is 0.611. The van der Waals surface area contributed by atoms with Crippen molar-refractivity contribution in [2.45, 2.75) is 98.4 Å². The largest absolute Gasteiger partial charge is 0.339 e. The summed E-state index contributed by atoms with van der Waals surface area (Å²) in [6.45, 7) is 11.6. The van der Waals surface area contributed by atoms with Crippen molar-refractivity contribution in [1.82, 2.24) is 29.2 Å². The lowest BCUT2D eigenvalue weighted by Gasteiger charge is -2.26. The van der Waals surface area contributed by atoms with E-state index in [1.54, 1.807) is 0 Å².